The summed E-state index contributed by atoms with van der Waals surface area (Å²) in [6.07, 6.45) is 2.15. The van der Waals surface area contributed by atoms with Crippen LogP contribution in [0.4, 0.5) is 5.69 Å². The predicted octanol–water partition coefficient (Wildman–Crippen LogP) is 2.26. The van der Waals surface area contributed by atoms with Gasteiger partial charge in [-0.1, -0.05) is 25.5 Å². The highest BCUT2D eigenvalue weighted by Crippen LogP contribution is 2.21. The van der Waals surface area contributed by atoms with Gasteiger partial charge in [0.25, 0.3) is 0 Å². The zero-order valence-electron chi connectivity index (χ0n) is 15.5. The van der Waals surface area contributed by atoms with Crippen molar-refractivity contribution in [3.8, 4) is 0 Å². The number of carbonyl (C=O) groups excluding carboxylic acids is 1. The number of amides is 1. The highest BCUT2D eigenvalue weighted by molar-refractivity contribution is 5.73. The van der Waals surface area contributed by atoms with E-state index in [4.69, 9.17) is 4.74 Å². The molecule has 2 atom stereocenters. The average molecular weight is 345 g/mol. The fraction of sp³-hybridized carbons (Fsp3) is 0.650. The smallest absolute Gasteiger partial charge is 0.219 e. The van der Waals surface area contributed by atoms with Gasteiger partial charge in [0.1, 0.15) is 0 Å². The predicted molar refractivity (Wildman–Crippen MR) is 101 cm³/mol. The van der Waals surface area contributed by atoms with Crippen LogP contribution >= 0.6 is 0 Å². The molecule has 2 fully saturated rings. The average Bonchev–Trinajstić information content (AvgIpc) is 2.67. The van der Waals surface area contributed by atoms with Crippen molar-refractivity contribution in [3.63, 3.8) is 0 Å². The monoisotopic (exact) mass is 345 g/mol. The quantitative estimate of drug-likeness (QED) is 0.889. The molecule has 0 aromatic heterocycles. The highest BCUT2D eigenvalue weighted by Gasteiger charge is 2.28. The van der Waals surface area contributed by atoms with Crippen molar-refractivity contribution in [1.29, 1.82) is 0 Å². The molecule has 138 valence electrons. The zero-order chi connectivity index (χ0) is 17.6. The van der Waals surface area contributed by atoms with Crippen LogP contribution in [-0.4, -0.2) is 56.2 Å². The van der Waals surface area contributed by atoms with Gasteiger partial charge < -0.3 is 19.9 Å². The molecule has 0 radical (unpaired) electrons. The number of likely N-dealkylation sites (tertiary alicyclic amines) is 1. The number of hydrogen-bond donors (Lipinski definition) is 1. The lowest BCUT2D eigenvalue weighted by molar-refractivity contribution is -0.131. The molecular weight excluding hydrogens is 314 g/mol. The number of anilines is 1. The Hall–Kier alpha value is -1.59. The van der Waals surface area contributed by atoms with E-state index in [0.717, 1.165) is 58.8 Å². The molecular formula is C20H31N3O2. The van der Waals surface area contributed by atoms with Crippen molar-refractivity contribution in [2.24, 2.45) is 5.92 Å². The van der Waals surface area contributed by atoms with Crippen LogP contribution in [-0.2, 0) is 16.1 Å². The number of morpholine rings is 1. The lowest BCUT2D eigenvalue weighted by atomic mass is 9.89. The third-order valence-electron chi connectivity index (χ3n) is 5.58. The van der Waals surface area contributed by atoms with Crippen molar-refractivity contribution in [3.05, 3.63) is 29.8 Å². The fourth-order valence-corrected chi connectivity index (χ4v) is 3.90. The van der Waals surface area contributed by atoms with Crippen molar-refractivity contribution in [2.45, 2.75) is 39.3 Å². The van der Waals surface area contributed by atoms with Crippen LogP contribution in [0.15, 0.2) is 24.3 Å². The zero-order valence-corrected chi connectivity index (χ0v) is 15.5. The second-order valence-corrected chi connectivity index (χ2v) is 7.18. The lowest BCUT2D eigenvalue weighted by Crippen LogP contribution is -2.50. The van der Waals surface area contributed by atoms with Gasteiger partial charge >= 0.3 is 0 Å². The minimum absolute atomic E-state index is 0.204. The Labute approximate surface area is 151 Å². The number of benzene rings is 1. The molecule has 0 spiro atoms. The summed E-state index contributed by atoms with van der Waals surface area (Å²) in [6.45, 7) is 10.1. The van der Waals surface area contributed by atoms with Gasteiger partial charge in [0, 0.05) is 51.4 Å². The standard InChI is InChI=1S/C20H31N3O2/c1-3-18-15-23(16(2)24)9-8-20(18)21-14-17-4-6-19(7-5-17)22-10-12-25-13-11-22/h4-7,18,20-21H,3,8-15H2,1-2H3/t18-,20+/m1/s1. The van der Waals surface area contributed by atoms with E-state index >= 15 is 0 Å². The van der Waals surface area contributed by atoms with Crippen LogP contribution in [0, 0.1) is 5.92 Å². The first-order valence-corrected chi connectivity index (χ1v) is 9.58. The van der Waals surface area contributed by atoms with Gasteiger partial charge in [-0.2, -0.15) is 0 Å². The molecule has 1 amide bonds. The van der Waals surface area contributed by atoms with E-state index in [2.05, 4.69) is 41.4 Å². The van der Waals surface area contributed by atoms with Gasteiger partial charge in [-0.15, -0.1) is 0 Å². The summed E-state index contributed by atoms with van der Waals surface area (Å²) in [6, 6.07) is 9.39. The first-order valence-electron chi connectivity index (χ1n) is 9.58. The molecule has 2 saturated heterocycles. The van der Waals surface area contributed by atoms with Crippen LogP contribution in [0.25, 0.3) is 0 Å². The maximum absolute atomic E-state index is 11.6. The SMILES string of the molecule is CC[C@@H]1CN(C(C)=O)CC[C@@H]1NCc1ccc(N2CCOCC2)cc1. The number of rotatable bonds is 5. The fourth-order valence-electron chi connectivity index (χ4n) is 3.90. The van der Waals surface area contributed by atoms with E-state index in [0.29, 0.717) is 12.0 Å². The molecule has 0 aliphatic carbocycles. The molecule has 1 N–H and O–H groups in total. The third-order valence-corrected chi connectivity index (χ3v) is 5.58. The van der Waals surface area contributed by atoms with Gasteiger partial charge in [0.05, 0.1) is 13.2 Å². The second kappa shape index (κ2) is 8.68. The van der Waals surface area contributed by atoms with E-state index in [-0.39, 0.29) is 5.91 Å². The normalized spacial score (nSPS) is 24.4. The molecule has 0 saturated carbocycles. The summed E-state index contributed by atoms with van der Waals surface area (Å²) in [4.78, 5) is 16.0. The maximum atomic E-state index is 11.6. The van der Waals surface area contributed by atoms with Crippen molar-refractivity contribution < 1.29 is 9.53 Å². The maximum Gasteiger partial charge on any atom is 0.219 e. The molecule has 3 rings (SSSR count). The van der Waals surface area contributed by atoms with Gasteiger partial charge in [0.15, 0.2) is 0 Å². The van der Waals surface area contributed by atoms with Gasteiger partial charge in [0.2, 0.25) is 5.91 Å². The number of piperidine rings is 1. The molecule has 0 unspecified atom stereocenters. The number of ether oxygens (including phenoxy) is 1. The molecule has 2 aliphatic heterocycles. The number of nitrogens with one attached hydrogen (secondary N) is 1. The van der Waals surface area contributed by atoms with E-state index in [1.54, 1.807) is 6.92 Å². The molecule has 2 heterocycles. The Kier molecular flexibility index (Phi) is 6.32. The summed E-state index contributed by atoms with van der Waals surface area (Å²) in [5.41, 5.74) is 2.61. The van der Waals surface area contributed by atoms with Gasteiger partial charge in [-0.3, -0.25) is 4.79 Å². The first kappa shape index (κ1) is 18.2. The molecule has 25 heavy (non-hydrogen) atoms. The van der Waals surface area contributed by atoms with Crippen molar-refractivity contribution >= 4 is 11.6 Å². The molecule has 5 heteroatoms. The highest BCUT2D eigenvalue weighted by atomic mass is 16.5. The van der Waals surface area contributed by atoms with Crippen LogP contribution in [0.3, 0.4) is 0 Å². The summed E-state index contributed by atoms with van der Waals surface area (Å²) in [5.74, 6) is 0.751. The summed E-state index contributed by atoms with van der Waals surface area (Å²) in [5, 5.41) is 3.73. The van der Waals surface area contributed by atoms with E-state index in [9.17, 15) is 4.79 Å². The van der Waals surface area contributed by atoms with Crippen LogP contribution in [0.2, 0.25) is 0 Å². The molecule has 5 nitrogen and oxygen atoms in total. The molecule has 2 aliphatic rings. The van der Waals surface area contributed by atoms with Crippen LogP contribution in [0.1, 0.15) is 32.3 Å². The Morgan fingerprint density at radius 2 is 1.92 bits per heavy atom. The summed E-state index contributed by atoms with van der Waals surface area (Å²) in [7, 11) is 0. The summed E-state index contributed by atoms with van der Waals surface area (Å²) >= 11 is 0. The van der Waals surface area contributed by atoms with E-state index in [1.165, 1.54) is 11.3 Å². The lowest BCUT2D eigenvalue weighted by Gasteiger charge is -2.38. The second-order valence-electron chi connectivity index (χ2n) is 7.18. The van der Waals surface area contributed by atoms with Gasteiger partial charge in [-0.05, 0) is 30.0 Å². The number of carbonyl (C=O) groups is 1. The third kappa shape index (κ3) is 4.73. The molecule has 1 aromatic rings. The number of hydrogen-bond acceptors (Lipinski definition) is 4. The molecule has 0 bridgehead atoms. The summed E-state index contributed by atoms with van der Waals surface area (Å²) < 4.78 is 5.42. The minimum Gasteiger partial charge on any atom is -0.378 e. The number of nitrogens with zero attached hydrogens (tertiary/aromatic N) is 2. The Balaban J connectivity index is 1.51. The van der Waals surface area contributed by atoms with Crippen molar-refractivity contribution in [2.75, 3.05) is 44.3 Å². The first-order chi connectivity index (χ1) is 12.2. The van der Waals surface area contributed by atoms with E-state index < -0.39 is 0 Å². The largest absolute Gasteiger partial charge is 0.378 e. The topological polar surface area (TPSA) is 44.8 Å². The Morgan fingerprint density at radius 1 is 1.20 bits per heavy atom. The van der Waals surface area contributed by atoms with Crippen molar-refractivity contribution in [1.82, 2.24) is 10.2 Å². The Morgan fingerprint density at radius 3 is 2.56 bits per heavy atom. The Bertz CT molecular complexity index is 555. The van der Waals surface area contributed by atoms with Crippen LogP contribution < -0.4 is 10.2 Å². The minimum atomic E-state index is 0.204. The van der Waals surface area contributed by atoms with E-state index in [1.807, 2.05) is 4.90 Å². The van der Waals surface area contributed by atoms with Crippen LogP contribution in [0.5, 0.6) is 0 Å². The van der Waals surface area contributed by atoms with Gasteiger partial charge in [-0.25, -0.2) is 0 Å². The molecule has 1 aromatic carbocycles.